The Balaban J connectivity index is 1.46. The highest BCUT2D eigenvalue weighted by atomic mass is 19.4. The summed E-state index contributed by atoms with van der Waals surface area (Å²) in [5.74, 6) is -1.36. The van der Waals surface area contributed by atoms with Gasteiger partial charge in [0.2, 0.25) is 0 Å². The molecule has 2 fully saturated rings. The average molecular weight is 397 g/mol. The Morgan fingerprint density at radius 1 is 1.11 bits per heavy atom. The Labute approximate surface area is 165 Å². The number of piperidine rings is 2. The molecule has 2 amide bonds. The second-order valence-corrected chi connectivity index (χ2v) is 8.78. The van der Waals surface area contributed by atoms with E-state index in [0.29, 0.717) is 0 Å². The van der Waals surface area contributed by atoms with Gasteiger partial charge in [0.05, 0.1) is 5.92 Å². The number of benzene rings is 1. The van der Waals surface area contributed by atoms with Crippen molar-refractivity contribution in [2.24, 2.45) is 11.3 Å². The van der Waals surface area contributed by atoms with Gasteiger partial charge in [-0.1, -0.05) is 44.2 Å². The molecular formula is C21H30F3N3O. The van der Waals surface area contributed by atoms with Crippen molar-refractivity contribution in [3.8, 4) is 0 Å². The Bertz CT molecular complexity index is 655. The van der Waals surface area contributed by atoms with Gasteiger partial charge in [-0.15, -0.1) is 0 Å². The van der Waals surface area contributed by atoms with Crippen LogP contribution in [0.1, 0.15) is 38.7 Å². The molecule has 3 rings (SSSR count). The van der Waals surface area contributed by atoms with E-state index in [-0.39, 0.29) is 31.6 Å². The van der Waals surface area contributed by atoms with E-state index < -0.39 is 17.5 Å². The number of carbonyl (C=O) groups is 1. The Morgan fingerprint density at radius 2 is 1.75 bits per heavy atom. The molecule has 4 nitrogen and oxygen atoms in total. The summed E-state index contributed by atoms with van der Waals surface area (Å²) in [6, 6.07) is 10.2. The number of nitrogens with zero attached hydrogens (tertiary/aromatic N) is 2. The number of carbonyl (C=O) groups excluding carboxylic acids is 1. The number of hydrogen-bond acceptors (Lipinski definition) is 2. The smallest absolute Gasteiger partial charge is 0.335 e. The summed E-state index contributed by atoms with van der Waals surface area (Å²) in [7, 11) is 0. The minimum Gasteiger partial charge on any atom is -0.335 e. The lowest BCUT2D eigenvalue weighted by molar-refractivity contribution is -0.214. The van der Waals surface area contributed by atoms with Crippen molar-refractivity contribution in [2.75, 3.05) is 26.2 Å². The number of hydrogen-bond donors (Lipinski definition) is 1. The van der Waals surface area contributed by atoms with Gasteiger partial charge in [-0.2, -0.15) is 13.2 Å². The van der Waals surface area contributed by atoms with Gasteiger partial charge in [0, 0.05) is 38.8 Å². The lowest BCUT2D eigenvalue weighted by atomic mass is 9.73. The molecule has 1 unspecified atom stereocenters. The fraction of sp³-hybridized carbons (Fsp3) is 0.667. The number of amides is 2. The molecule has 1 atom stereocenters. The predicted octanol–water partition coefficient (Wildman–Crippen LogP) is 4.27. The highest BCUT2D eigenvalue weighted by molar-refractivity contribution is 5.74. The molecule has 0 bridgehead atoms. The molecular weight excluding hydrogens is 367 g/mol. The summed E-state index contributed by atoms with van der Waals surface area (Å²) in [4.78, 5) is 16.5. The maximum absolute atomic E-state index is 13.2. The summed E-state index contributed by atoms with van der Waals surface area (Å²) in [6.45, 7) is 6.21. The fourth-order valence-electron chi connectivity index (χ4n) is 4.48. The van der Waals surface area contributed by atoms with E-state index in [4.69, 9.17) is 0 Å². The third kappa shape index (κ3) is 5.19. The first-order valence-electron chi connectivity index (χ1n) is 10.0. The van der Waals surface area contributed by atoms with Crippen LogP contribution in [-0.2, 0) is 6.54 Å². The molecule has 2 aliphatic heterocycles. The van der Waals surface area contributed by atoms with E-state index in [1.807, 2.05) is 18.2 Å². The van der Waals surface area contributed by atoms with Crippen molar-refractivity contribution < 1.29 is 18.0 Å². The fourth-order valence-corrected chi connectivity index (χ4v) is 4.48. The van der Waals surface area contributed by atoms with E-state index in [2.05, 4.69) is 22.3 Å². The van der Waals surface area contributed by atoms with Gasteiger partial charge in [-0.25, -0.2) is 4.79 Å². The standard InChI is InChI=1S/C21H30F3N3O/c1-20(2)15-27(13-10-18(20)21(22,23)24)19(28)25-17-8-11-26(12-9-17)14-16-6-4-3-5-7-16/h3-7,17-18H,8-15H2,1-2H3,(H,25,28). The number of nitrogens with one attached hydrogen (secondary N) is 1. The van der Waals surface area contributed by atoms with Crippen LogP contribution in [-0.4, -0.2) is 54.2 Å². The SMILES string of the molecule is CC1(C)CN(C(=O)NC2CCN(Cc3ccccc3)CC2)CCC1C(F)(F)F. The van der Waals surface area contributed by atoms with Crippen LogP contribution in [0.2, 0.25) is 0 Å². The molecule has 2 saturated heterocycles. The topological polar surface area (TPSA) is 35.6 Å². The summed E-state index contributed by atoms with van der Waals surface area (Å²) >= 11 is 0. The molecule has 1 aromatic rings. The van der Waals surface area contributed by atoms with Crippen LogP contribution >= 0.6 is 0 Å². The quantitative estimate of drug-likeness (QED) is 0.827. The molecule has 0 aliphatic carbocycles. The number of likely N-dealkylation sites (tertiary alicyclic amines) is 2. The molecule has 0 aromatic heterocycles. The zero-order valence-electron chi connectivity index (χ0n) is 16.6. The van der Waals surface area contributed by atoms with Crippen LogP contribution in [0.3, 0.4) is 0 Å². The minimum atomic E-state index is -4.21. The number of rotatable bonds is 3. The van der Waals surface area contributed by atoms with Crippen molar-refractivity contribution in [2.45, 2.75) is 51.9 Å². The maximum atomic E-state index is 13.2. The van der Waals surface area contributed by atoms with E-state index in [1.165, 1.54) is 5.56 Å². The lowest BCUT2D eigenvalue weighted by Gasteiger charge is -2.45. The van der Waals surface area contributed by atoms with Crippen LogP contribution in [0.4, 0.5) is 18.0 Å². The highest BCUT2D eigenvalue weighted by Gasteiger charge is 2.51. The molecule has 1 N–H and O–H groups in total. The molecule has 0 saturated carbocycles. The highest BCUT2D eigenvalue weighted by Crippen LogP contribution is 2.45. The van der Waals surface area contributed by atoms with Gasteiger partial charge in [-0.3, -0.25) is 4.90 Å². The van der Waals surface area contributed by atoms with Crippen LogP contribution in [0.25, 0.3) is 0 Å². The molecule has 28 heavy (non-hydrogen) atoms. The van der Waals surface area contributed by atoms with E-state index in [9.17, 15) is 18.0 Å². The van der Waals surface area contributed by atoms with Gasteiger partial charge in [0.25, 0.3) is 0 Å². The third-order valence-corrected chi connectivity index (χ3v) is 6.08. The largest absolute Gasteiger partial charge is 0.392 e. The number of urea groups is 1. The zero-order chi connectivity index (χ0) is 20.4. The molecule has 2 aliphatic rings. The monoisotopic (exact) mass is 397 g/mol. The summed E-state index contributed by atoms with van der Waals surface area (Å²) < 4.78 is 39.6. The predicted molar refractivity (Wildman–Crippen MR) is 103 cm³/mol. The van der Waals surface area contributed by atoms with Gasteiger partial charge in [0.1, 0.15) is 0 Å². The lowest BCUT2D eigenvalue weighted by Crippen LogP contribution is -2.56. The summed E-state index contributed by atoms with van der Waals surface area (Å²) in [5, 5.41) is 3.04. The van der Waals surface area contributed by atoms with E-state index >= 15 is 0 Å². The van der Waals surface area contributed by atoms with Gasteiger partial charge < -0.3 is 10.2 Å². The Hall–Kier alpha value is -1.76. The molecule has 7 heteroatoms. The van der Waals surface area contributed by atoms with Crippen molar-refractivity contribution in [1.29, 1.82) is 0 Å². The second-order valence-electron chi connectivity index (χ2n) is 8.78. The molecule has 156 valence electrons. The zero-order valence-corrected chi connectivity index (χ0v) is 16.6. The van der Waals surface area contributed by atoms with Crippen LogP contribution in [0.5, 0.6) is 0 Å². The first kappa shape index (κ1) is 21.0. The van der Waals surface area contributed by atoms with Crippen molar-refractivity contribution >= 4 is 6.03 Å². The molecule has 0 radical (unpaired) electrons. The number of halogens is 3. The maximum Gasteiger partial charge on any atom is 0.392 e. The van der Waals surface area contributed by atoms with E-state index in [1.54, 1.807) is 18.7 Å². The van der Waals surface area contributed by atoms with Crippen molar-refractivity contribution in [1.82, 2.24) is 15.1 Å². The summed E-state index contributed by atoms with van der Waals surface area (Å²) in [5.41, 5.74) is 0.312. The second kappa shape index (κ2) is 8.31. The van der Waals surface area contributed by atoms with Crippen LogP contribution in [0.15, 0.2) is 30.3 Å². The third-order valence-electron chi connectivity index (χ3n) is 6.08. The first-order valence-corrected chi connectivity index (χ1v) is 10.0. The minimum absolute atomic E-state index is 0.0283. The Morgan fingerprint density at radius 3 is 2.32 bits per heavy atom. The van der Waals surface area contributed by atoms with Crippen LogP contribution in [0, 0.1) is 11.3 Å². The van der Waals surface area contributed by atoms with E-state index in [0.717, 1.165) is 32.5 Å². The molecule has 2 heterocycles. The van der Waals surface area contributed by atoms with Crippen molar-refractivity contribution in [3.63, 3.8) is 0 Å². The van der Waals surface area contributed by atoms with Crippen molar-refractivity contribution in [3.05, 3.63) is 35.9 Å². The molecule has 1 aromatic carbocycles. The first-order chi connectivity index (χ1) is 13.1. The van der Waals surface area contributed by atoms with Gasteiger partial charge in [0.15, 0.2) is 0 Å². The van der Waals surface area contributed by atoms with Gasteiger partial charge >= 0.3 is 12.2 Å². The molecule has 0 spiro atoms. The Kier molecular flexibility index (Phi) is 6.22. The van der Waals surface area contributed by atoms with Crippen LogP contribution < -0.4 is 5.32 Å². The average Bonchev–Trinajstić information content (AvgIpc) is 2.62. The summed E-state index contributed by atoms with van der Waals surface area (Å²) in [6.07, 6.45) is -2.51. The van der Waals surface area contributed by atoms with Gasteiger partial charge in [-0.05, 0) is 30.2 Å². The number of alkyl halides is 3. The normalized spacial score (nSPS) is 24.2.